The minimum absolute atomic E-state index is 0.167. The van der Waals surface area contributed by atoms with Crippen LogP contribution in [0.5, 0.6) is 0 Å². The van der Waals surface area contributed by atoms with E-state index in [9.17, 15) is 4.39 Å². The summed E-state index contributed by atoms with van der Waals surface area (Å²) < 4.78 is 13.7. The SMILES string of the molecule is C=C(CCC)c1cc(N)c(F)cc1Br. The Morgan fingerprint density at radius 2 is 2.21 bits per heavy atom. The quantitative estimate of drug-likeness (QED) is 0.815. The molecule has 1 aromatic rings. The second-order valence-corrected chi connectivity index (χ2v) is 4.06. The number of benzene rings is 1. The average molecular weight is 258 g/mol. The Hall–Kier alpha value is -0.830. The van der Waals surface area contributed by atoms with Crippen LogP contribution in [0.25, 0.3) is 5.57 Å². The lowest BCUT2D eigenvalue weighted by Crippen LogP contribution is -1.94. The van der Waals surface area contributed by atoms with Gasteiger partial charge in [-0.1, -0.05) is 35.9 Å². The van der Waals surface area contributed by atoms with Crippen LogP contribution in [-0.4, -0.2) is 0 Å². The van der Waals surface area contributed by atoms with Gasteiger partial charge in [-0.2, -0.15) is 0 Å². The van der Waals surface area contributed by atoms with E-state index in [1.54, 1.807) is 6.07 Å². The summed E-state index contributed by atoms with van der Waals surface area (Å²) >= 11 is 3.30. The smallest absolute Gasteiger partial charge is 0.147 e. The highest BCUT2D eigenvalue weighted by Gasteiger charge is 2.07. The Balaban J connectivity index is 3.09. The summed E-state index contributed by atoms with van der Waals surface area (Å²) in [7, 11) is 0. The zero-order valence-electron chi connectivity index (χ0n) is 8.11. The normalized spacial score (nSPS) is 10.2. The molecule has 0 aromatic heterocycles. The van der Waals surface area contributed by atoms with E-state index in [1.807, 2.05) is 0 Å². The molecule has 14 heavy (non-hydrogen) atoms. The first-order chi connectivity index (χ1) is 6.56. The van der Waals surface area contributed by atoms with E-state index in [0.717, 1.165) is 24.0 Å². The standard InChI is InChI=1S/C11H13BrFN/c1-3-4-7(2)8-5-11(14)10(13)6-9(8)12/h5-6H,2-4,14H2,1H3. The zero-order valence-corrected chi connectivity index (χ0v) is 9.70. The molecule has 1 aromatic carbocycles. The van der Waals surface area contributed by atoms with E-state index in [4.69, 9.17) is 5.73 Å². The van der Waals surface area contributed by atoms with Gasteiger partial charge in [0.25, 0.3) is 0 Å². The molecule has 0 bridgehead atoms. The fraction of sp³-hybridized carbons (Fsp3) is 0.273. The maximum Gasteiger partial charge on any atom is 0.147 e. The number of anilines is 1. The zero-order chi connectivity index (χ0) is 10.7. The molecular formula is C11H13BrFN. The molecule has 0 spiro atoms. The van der Waals surface area contributed by atoms with Crippen molar-refractivity contribution in [2.24, 2.45) is 0 Å². The maximum atomic E-state index is 13.0. The molecule has 0 saturated carbocycles. The molecule has 0 aliphatic rings. The molecule has 2 N–H and O–H groups in total. The average Bonchev–Trinajstić information content (AvgIpc) is 2.11. The van der Waals surface area contributed by atoms with Gasteiger partial charge < -0.3 is 5.73 Å². The third-order valence-corrected chi connectivity index (χ3v) is 2.68. The van der Waals surface area contributed by atoms with Gasteiger partial charge in [-0.3, -0.25) is 0 Å². The van der Waals surface area contributed by atoms with Crippen LogP contribution in [-0.2, 0) is 0 Å². The Kier molecular flexibility index (Phi) is 3.69. The summed E-state index contributed by atoms with van der Waals surface area (Å²) in [5.41, 5.74) is 7.53. The largest absolute Gasteiger partial charge is 0.396 e. The molecule has 1 rings (SSSR count). The third-order valence-electron chi connectivity index (χ3n) is 2.02. The summed E-state index contributed by atoms with van der Waals surface area (Å²) in [6.07, 6.45) is 1.91. The fourth-order valence-electron chi connectivity index (χ4n) is 1.27. The Bertz CT molecular complexity index is 361. The first-order valence-electron chi connectivity index (χ1n) is 4.49. The molecule has 0 aliphatic carbocycles. The molecule has 0 amide bonds. The van der Waals surface area contributed by atoms with Gasteiger partial charge in [-0.05, 0) is 29.7 Å². The van der Waals surface area contributed by atoms with Gasteiger partial charge in [0.15, 0.2) is 0 Å². The van der Waals surface area contributed by atoms with Crippen LogP contribution in [0.3, 0.4) is 0 Å². The summed E-state index contributed by atoms with van der Waals surface area (Å²) in [5.74, 6) is -0.398. The van der Waals surface area contributed by atoms with E-state index >= 15 is 0 Å². The van der Waals surface area contributed by atoms with Crippen LogP contribution >= 0.6 is 15.9 Å². The van der Waals surface area contributed by atoms with Crippen molar-refractivity contribution in [1.29, 1.82) is 0 Å². The third kappa shape index (κ3) is 2.35. The summed E-state index contributed by atoms with van der Waals surface area (Å²) in [6, 6.07) is 3.00. The second kappa shape index (κ2) is 4.60. The van der Waals surface area contributed by atoms with Crippen molar-refractivity contribution < 1.29 is 4.39 Å². The van der Waals surface area contributed by atoms with Crippen LogP contribution in [0.2, 0.25) is 0 Å². The van der Waals surface area contributed by atoms with Crippen LogP contribution in [0.1, 0.15) is 25.3 Å². The van der Waals surface area contributed by atoms with Gasteiger partial charge in [0, 0.05) is 4.47 Å². The first-order valence-corrected chi connectivity index (χ1v) is 5.28. The topological polar surface area (TPSA) is 26.0 Å². The van der Waals surface area contributed by atoms with E-state index in [2.05, 4.69) is 29.4 Å². The van der Waals surface area contributed by atoms with E-state index < -0.39 is 5.82 Å². The lowest BCUT2D eigenvalue weighted by atomic mass is 10.0. The number of nitrogen functional groups attached to an aromatic ring is 1. The second-order valence-electron chi connectivity index (χ2n) is 3.21. The summed E-state index contributed by atoms with van der Waals surface area (Å²) in [4.78, 5) is 0. The van der Waals surface area contributed by atoms with Crippen molar-refractivity contribution in [3.8, 4) is 0 Å². The minimum Gasteiger partial charge on any atom is -0.396 e. The van der Waals surface area contributed by atoms with Crippen LogP contribution in [0.4, 0.5) is 10.1 Å². The van der Waals surface area contributed by atoms with Crippen molar-refractivity contribution in [2.45, 2.75) is 19.8 Å². The lowest BCUT2D eigenvalue weighted by Gasteiger charge is -2.08. The number of halogens is 2. The predicted molar refractivity (Wildman–Crippen MR) is 62.5 cm³/mol. The van der Waals surface area contributed by atoms with Gasteiger partial charge in [0.2, 0.25) is 0 Å². The molecule has 0 heterocycles. The van der Waals surface area contributed by atoms with Crippen molar-refractivity contribution in [1.82, 2.24) is 0 Å². The van der Waals surface area contributed by atoms with Gasteiger partial charge in [0.1, 0.15) is 5.82 Å². The Morgan fingerprint density at radius 1 is 1.57 bits per heavy atom. The highest BCUT2D eigenvalue weighted by molar-refractivity contribution is 9.10. The molecule has 0 saturated heterocycles. The van der Waals surface area contributed by atoms with E-state index in [-0.39, 0.29) is 5.69 Å². The highest BCUT2D eigenvalue weighted by Crippen LogP contribution is 2.29. The monoisotopic (exact) mass is 257 g/mol. The van der Waals surface area contributed by atoms with Crippen LogP contribution in [0.15, 0.2) is 23.2 Å². The molecule has 0 fully saturated rings. The van der Waals surface area contributed by atoms with Crippen molar-refractivity contribution in [3.05, 3.63) is 34.6 Å². The number of hydrogen-bond acceptors (Lipinski definition) is 1. The summed E-state index contributed by atoms with van der Waals surface area (Å²) in [6.45, 7) is 6.01. The van der Waals surface area contributed by atoms with Crippen LogP contribution < -0.4 is 5.73 Å². The fourth-order valence-corrected chi connectivity index (χ4v) is 1.87. The van der Waals surface area contributed by atoms with Gasteiger partial charge in [-0.15, -0.1) is 0 Å². The number of rotatable bonds is 3. The molecule has 0 atom stereocenters. The minimum atomic E-state index is -0.398. The maximum absolute atomic E-state index is 13.0. The number of hydrogen-bond donors (Lipinski definition) is 1. The van der Waals surface area contributed by atoms with Gasteiger partial charge in [0.05, 0.1) is 5.69 Å². The van der Waals surface area contributed by atoms with Crippen molar-refractivity contribution >= 4 is 27.2 Å². The molecule has 0 radical (unpaired) electrons. The van der Waals surface area contributed by atoms with E-state index in [1.165, 1.54) is 6.07 Å². The summed E-state index contributed by atoms with van der Waals surface area (Å²) in [5, 5.41) is 0. The van der Waals surface area contributed by atoms with E-state index in [0.29, 0.717) is 4.47 Å². The molecule has 1 nitrogen and oxygen atoms in total. The molecule has 76 valence electrons. The lowest BCUT2D eigenvalue weighted by molar-refractivity contribution is 0.631. The van der Waals surface area contributed by atoms with Crippen LogP contribution in [0, 0.1) is 5.82 Å². The number of nitrogens with two attached hydrogens (primary N) is 1. The highest BCUT2D eigenvalue weighted by atomic mass is 79.9. The molecule has 0 unspecified atom stereocenters. The van der Waals surface area contributed by atoms with Crippen molar-refractivity contribution in [3.63, 3.8) is 0 Å². The Labute approximate surface area is 91.9 Å². The van der Waals surface area contributed by atoms with Crippen molar-refractivity contribution in [2.75, 3.05) is 5.73 Å². The molecule has 0 aliphatic heterocycles. The van der Waals surface area contributed by atoms with Gasteiger partial charge in [-0.25, -0.2) is 4.39 Å². The van der Waals surface area contributed by atoms with Gasteiger partial charge >= 0.3 is 0 Å². The molecule has 3 heteroatoms. The Morgan fingerprint density at radius 3 is 2.79 bits per heavy atom. The predicted octanol–water partition coefficient (Wildman–Crippen LogP) is 3.98. The first kappa shape index (κ1) is 11.2. The molecular weight excluding hydrogens is 245 g/mol. The number of allylic oxidation sites excluding steroid dienone is 1.